The van der Waals surface area contributed by atoms with Crippen molar-refractivity contribution in [1.29, 1.82) is 0 Å². The maximum Gasteiger partial charge on any atom is 0.331 e. The minimum Gasteiger partial charge on any atom is -0.457 e. The molecule has 0 aliphatic rings. The molecule has 1 aromatic heterocycles. The average Bonchev–Trinajstić information content (AvgIpc) is 2.69. The number of carbonyl (C=O) groups excluding carboxylic acids is 1. The zero-order valence-electron chi connectivity index (χ0n) is 17.2. The number of hydrogen-bond acceptors (Lipinski definition) is 3. The zero-order chi connectivity index (χ0) is 23.1. The van der Waals surface area contributed by atoms with E-state index < -0.39 is 57.0 Å². The number of aromatic nitrogens is 1. The highest BCUT2D eigenvalue weighted by molar-refractivity contribution is 5.88. The van der Waals surface area contributed by atoms with E-state index in [1.54, 1.807) is 39.0 Å². The number of benzene rings is 2. The molecule has 0 unspecified atom stereocenters. The number of halogens is 4. The van der Waals surface area contributed by atoms with Gasteiger partial charge in [-0.2, -0.15) is 0 Å². The summed E-state index contributed by atoms with van der Waals surface area (Å²) in [6, 6.07) is 6.31. The van der Waals surface area contributed by atoms with Crippen LogP contribution >= 0.6 is 0 Å². The van der Waals surface area contributed by atoms with Gasteiger partial charge >= 0.3 is 5.97 Å². The fourth-order valence-corrected chi connectivity index (χ4v) is 3.14. The standard InChI is InChI=1S/C23H19F4NO3/c1-23(2,3)31-16(29)10-9-13-18(24)20(26)17(21(27)19(13)25)14-11-28(4)15-8-6-5-7-12(15)22(14)30/h5-11H,1-4H3/b10-9+. The third-order valence-electron chi connectivity index (χ3n) is 4.46. The van der Waals surface area contributed by atoms with E-state index in [2.05, 4.69) is 0 Å². The molecule has 0 N–H and O–H groups in total. The SMILES string of the molecule is Cn1cc(-c2c(F)c(F)c(/C=C/C(=O)OC(C)(C)C)c(F)c2F)c(=O)c2ccccc21. The summed E-state index contributed by atoms with van der Waals surface area (Å²) >= 11 is 0. The van der Waals surface area contributed by atoms with Gasteiger partial charge in [-0.1, -0.05) is 12.1 Å². The van der Waals surface area contributed by atoms with Crippen LogP contribution in [0, 0.1) is 23.3 Å². The fourth-order valence-electron chi connectivity index (χ4n) is 3.14. The molecular formula is C23H19F4NO3. The summed E-state index contributed by atoms with van der Waals surface area (Å²) in [5, 5.41) is 0.135. The minimum atomic E-state index is -1.74. The minimum absolute atomic E-state index is 0.135. The van der Waals surface area contributed by atoms with Gasteiger partial charge in [0, 0.05) is 24.7 Å². The first-order chi connectivity index (χ1) is 14.4. The molecule has 0 spiro atoms. The second-order valence-corrected chi connectivity index (χ2v) is 7.91. The van der Waals surface area contributed by atoms with Crippen LogP contribution in [0.15, 0.2) is 41.3 Å². The van der Waals surface area contributed by atoms with Crippen molar-refractivity contribution in [2.24, 2.45) is 7.05 Å². The molecule has 31 heavy (non-hydrogen) atoms. The molecule has 0 radical (unpaired) electrons. The van der Waals surface area contributed by atoms with Gasteiger partial charge in [-0.15, -0.1) is 0 Å². The molecule has 0 fully saturated rings. The Morgan fingerprint density at radius 3 is 2.16 bits per heavy atom. The highest BCUT2D eigenvalue weighted by Gasteiger charge is 2.27. The lowest BCUT2D eigenvalue weighted by Crippen LogP contribution is -2.22. The second-order valence-electron chi connectivity index (χ2n) is 7.91. The number of fused-ring (bicyclic) bond motifs is 1. The Morgan fingerprint density at radius 2 is 1.58 bits per heavy atom. The molecule has 3 rings (SSSR count). The van der Waals surface area contributed by atoms with Crippen molar-refractivity contribution in [1.82, 2.24) is 4.57 Å². The Bertz CT molecular complexity index is 1260. The number of carbonyl (C=O) groups is 1. The number of para-hydroxylation sites is 1. The Kier molecular flexibility index (Phi) is 5.76. The van der Waals surface area contributed by atoms with Crippen LogP contribution in [-0.2, 0) is 16.6 Å². The molecule has 0 amide bonds. The first-order valence-electron chi connectivity index (χ1n) is 9.28. The van der Waals surface area contributed by atoms with Crippen molar-refractivity contribution < 1.29 is 27.1 Å². The highest BCUT2D eigenvalue weighted by atomic mass is 19.2. The van der Waals surface area contributed by atoms with E-state index in [0.717, 1.165) is 6.20 Å². The van der Waals surface area contributed by atoms with Crippen LogP contribution in [-0.4, -0.2) is 16.1 Å². The summed E-state index contributed by atoms with van der Waals surface area (Å²) in [6.45, 7) is 4.74. The molecule has 0 saturated carbocycles. The van der Waals surface area contributed by atoms with Crippen LogP contribution in [0.5, 0.6) is 0 Å². The van der Waals surface area contributed by atoms with Crippen LogP contribution in [0.25, 0.3) is 28.1 Å². The summed E-state index contributed by atoms with van der Waals surface area (Å²) in [5.74, 6) is -7.89. The van der Waals surface area contributed by atoms with Crippen LogP contribution in [0.2, 0.25) is 0 Å². The number of aryl methyl sites for hydroxylation is 1. The van der Waals surface area contributed by atoms with E-state index in [1.807, 2.05) is 0 Å². The van der Waals surface area contributed by atoms with Crippen molar-refractivity contribution in [3.8, 4) is 11.1 Å². The molecule has 0 bridgehead atoms. The molecule has 0 aliphatic carbocycles. The molecule has 0 saturated heterocycles. The molecule has 0 atom stereocenters. The summed E-state index contributed by atoms with van der Waals surface area (Å²) < 4.78 is 65.3. The van der Waals surface area contributed by atoms with E-state index in [9.17, 15) is 27.2 Å². The van der Waals surface area contributed by atoms with Crippen LogP contribution < -0.4 is 5.43 Å². The molecule has 162 valence electrons. The Morgan fingerprint density at radius 1 is 1.00 bits per heavy atom. The van der Waals surface area contributed by atoms with Gasteiger partial charge in [-0.25, -0.2) is 22.4 Å². The smallest absolute Gasteiger partial charge is 0.331 e. The quantitative estimate of drug-likeness (QED) is 0.249. The maximum absolute atomic E-state index is 14.8. The number of rotatable bonds is 3. The number of hydrogen-bond donors (Lipinski definition) is 0. The highest BCUT2D eigenvalue weighted by Crippen LogP contribution is 2.32. The van der Waals surface area contributed by atoms with E-state index in [-0.39, 0.29) is 5.39 Å². The normalized spacial score (nSPS) is 12.0. The number of ether oxygens (including phenoxy) is 1. The van der Waals surface area contributed by atoms with E-state index in [1.165, 1.54) is 17.7 Å². The van der Waals surface area contributed by atoms with Crippen molar-refractivity contribution in [2.75, 3.05) is 0 Å². The van der Waals surface area contributed by atoms with Crippen molar-refractivity contribution >= 4 is 22.9 Å². The van der Waals surface area contributed by atoms with Gasteiger partial charge in [-0.05, 0) is 39.0 Å². The van der Waals surface area contributed by atoms with Crippen LogP contribution in [0.4, 0.5) is 17.6 Å². The molecule has 1 heterocycles. The third-order valence-corrected chi connectivity index (χ3v) is 4.46. The summed E-state index contributed by atoms with van der Waals surface area (Å²) in [7, 11) is 1.53. The van der Waals surface area contributed by atoms with Gasteiger partial charge < -0.3 is 9.30 Å². The molecule has 8 heteroatoms. The van der Waals surface area contributed by atoms with Gasteiger partial charge in [0.05, 0.1) is 22.2 Å². The first-order valence-corrected chi connectivity index (χ1v) is 9.28. The predicted octanol–water partition coefficient (Wildman–Crippen LogP) is 5.12. The molecule has 0 aliphatic heterocycles. The fraction of sp³-hybridized carbons (Fsp3) is 0.217. The van der Waals surface area contributed by atoms with Crippen molar-refractivity contribution in [3.05, 3.63) is 75.6 Å². The van der Waals surface area contributed by atoms with Crippen molar-refractivity contribution in [3.63, 3.8) is 0 Å². The maximum atomic E-state index is 14.8. The van der Waals surface area contributed by atoms with Crippen LogP contribution in [0.3, 0.4) is 0 Å². The van der Waals surface area contributed by atoms with Gasteiger partial charge in [-0.3, -0.25) is 4.79 Å². The van der Waals surface area contributed by atoms with Crippen LogP contribution in [0.1, 0.15) is 26.3 Å². The lowest BCUT2D eigenvalue weighted by atomic mass is 10.00. The first kappa shape index (κ1) is 22.3. The average molecular weight is 433 g/mol. The zero-order valence-corrected chi connectivity index (χ0v) is 17.2. The summed E-state index contributed by atoms with van der Waals surface area (Å²) in [6.07, 6.45) is 2.37. The summed E-state index contributed by atoms with van der Waals surface area (Å²) in [5.41, 5.74) is -3.90. The third kappa shape index (κ3) is 4.23. The van der Waals surface area contributed by atoms with Gasteiger partial charge in [0.1, 0.15) is 5.60 Å². The van der Waals surface area contributed by atoms with Gasteiger partial charge in [0.15, 0.2) is 28.7 Å². The molecule has 4 nitrogen and oxygen atoms in total. The second kappa shape index (κ2) is 8.02. The number of nitrogens with zero attached hydrogens (tertiary/aromatic N) is 1. The number of pyridine rings is 1. The topological polar surface area (TPSA) is 48.3 Å². The lowest BCUT2D eigenvalue weighted by Gasteiger charge is -2.18. The molecule has 2 aromatic carbocycles. The summed E-state index contributed by atoms with van der Waals surface area (Å²) in [4.78, 5) is 24.5. The van der Waals surface area contributed by atoms with Gasteiger partial charge in [0.2, 0.25) is 0 Å². The van der Waals surface area contributed by atoms with E-state index in [0.29, 0.717) is 17.7 Å². The molecule has 3 aromatic rings. The van der Waals surface area contributed by atoms with Gasteiger partial charge in [0.25, 0.3) is 0 Å². The molecular weight excluding hydrogens is 414 g/mol. The van der Waals surface area contributed by atoms with E-state index in [4.69, 9.17) is 4.74 Å². The lowest BCUT2D eigenvalue weighted by molar-refractivity contribution is -0.148. The largest absolute Gasteiger partial charge is 0.457 e. The van der Waals surface area contributed by atoms with E-state index >= 15 is 0 Å². The Hall–Kier alpha value is -3.42. The number of esters is 1. The monoisotopic (exact) mass is 433 g/mol. The predicted molar refractivity (Wildman–Crippen MR) is 109 cm³/mol. The Labute approximate surface area is 175 Å². The van der Waals surface area contributed by atoms with Crippen molar-refractivity contribution in [2.45, 2.75) is 26.4 Å². The Balaban J connectivity index is 2.18.